The van der Waals surface area contributed by atoms with Crippen LogP contribution in [0.1, 0.15) is 0 Å². The second kappa shape index (κ2) is 11.2. The highest BCUT2D eigenvalue weighted by Gasteiger charge is 2.14. The normalized spacial score (nSPS) is 17.4. The molecule has 1 aliphatic heterocycles. The summed E-state index contributed by atoms with van der Waals surface area (Å²) in [5.41, 5.74) is 0. The van der Waals surface area contributed by atoms with E-state index in [9.17, 15) is 19.2 Å². The van der Waals surface area contributed by atoms with Gasteiger partial charge < -0.3 is 35.1 Å². The Morgan fingerprint density at radius 2 is 0.964 bits per heavy atom. The highest BCUT2D eigenvalue weighted by atomic mass is 16.4. The van der Waals surface area contributed by atoms with E-state index in [1.54, 1.807) is 4.90 Å². The molecule has 1 aliphatic rings. The Hall–Kier alpha value is -3.54. The lowest BCUT2D eigenvalue weighted by Gasteiger charge is -2.23. The van der Waals surface area contributed by atoms with Crippen LogP contribution >= 0.6 is 0 Å². The van der Waals surface area contributed by atoms with Crippen LogP contribution < -0.4 is 0 Å². The number of rotatable bonds is 11. The predicted octanol–water partition coefficient (Wildman–Crippen LogP) is -1.04. The van der Waals surface area contributed by atoms with E-state index < -0.39 is 37.0 Å². The topological polar surface area (TPSA) is 162 Å². The summed E-state index contributed by atoms with van der Waals surface area (Å²) in [6.07, 6.45) is 8.77. The predicted molar refractivity (Wildman–Crippen MR) is 94.5 cm³/mol. The fourth-order valence-corrected chi connectivity index (χ4v) is 2.19. The summed E-state index contributed by atoms with van der Waals surface area (Å²) in [4.78, 5) is 49.1. The van der Waals surface area contributed by atoms with Gasteiger partial charge in [-0.25, -0.2) is 0 Å². The van der Waals surface area contributed by atoms with Crippen LogP contribution in [-0.4, -0.2) is 103 Å². The Balaban J connectivity index is 2.90. The van der Waals surface area contributed by atoms with Crippen molar-refractivity contribution in [3.8, 4) is 0 Å². The van der Waals surface area contributed by atoms with Gasteiger partial charge in [0.25, 0.3) is 0 Å². The van der Waals surface area contributed by atoms with Gasteiger partial charge in [-0.05, 0) is 0 Å². The monoisotopic (exact) mass is 398 g/mol. The molecule has 0 fully saturated rings. The van der Waals surface area contributed by atoms with Crippen molar-refractivity contribution in [3.05, 3.63) is 37.2 Å². The third-order valence-electron chi connectivity index (χ3n) is 3.38. The molecule has 0 aromatic heterocycles. The SMILES string of the molecule is O=C(O)CN1/C=C\N(CCN(CC(=O)O)CC(=O)O)/C=C\N(CC(=O)O)/C=C\1. The summed E-state index contributed by atoms with van der Waals surface area (Å²) < 4.78 is 0. The molecule has 0 saturated carbocycles. The lowest BCUT2D eigenvalue weighted by Crippen LogP contribution is -2.38. The maximum Gasteiger partial charge on any atom is 0.323 e. The van der Waals surface area contributed by atoms with Gasteiger partial charge in [-0.3, -0.25) is 24.1 Å². The van der Waals surface area contributed by atoms with E-state index in [4.69, 9.17) is 20.4 Å². The first-order valence-corrected chi connectivity index (χ1v) is 8.07. The zero-order valence-corrected chi connectivity index (χ0v) is 14.9. The van der Waals surface area contributed by atoms with Crippen molar-refractivity contribution >= 4 is 23.9 Å². The largest absolute Gasteiger partial charge is 0.480 e. The van der Waals surface area contributed by atoms with Crippen molar-refractivity contribution in [2.24, 2.45) is 0 Å². The third kappa shape index (κ3) is 9.82. The molecule has 0 amide bonds. The second-order valence-electron chi connectivity index (χ2n) is 5.76. The number of carboxylic acids is 4. The maximum atomic E-state index is 10.9. The Morgan fingerprint density at radius 1 is 0.607 bits per heavy atom. The molecule has 28 heavy (non-hydrogen) atoms. The minimum atomic E-state index is -1.17. The van der Waals surface area contributed by atoms with E-state index in [-0.39, 0.29) is 26.2 Å². The van der Waals surface area contributed by atoms with Crippen LogP contribution in [-0.2, 0) is 19.2 Å². The van der Waals surface area contributed by atoms with Gasteiger partial charge in [0.2, 0.25) is 0 Å². The Morgan fingerprint density at radius 3 is 1.29 bits per heavy atom. The molecule has 0 aromatic rings. The summed E-state index contributed by atoms with van der Waals surface area (Å²) >= 11 is 0. The lowest BCUT2D eigenvalue weighted by molar-refractivity contribution is -0.142. The molecule has 0 aromatic carbocycles. The average molecular weight is 398 g/mol. The summed E-state index contributed by atoms with van der Waals surface area (Å²) in [6.45, 7) is -1.33. The number of hydrogen-bond donors (Lipinski definition) is 4. The Bertz CT molecular complexity index is 624. The van der Waals surface area contributed by atoms with Gasteiger partial charge in [0.05, 0.1) is 13.1 Å². The molecule has 12 heteroatoms. The smallest absolute Gasteiger partial charge is 0.323 e. The molecule has 0 spiro atoms. The standard InChI is InChI=1S/C16H22N4O8/c21-13(22)9-18-4-1-17(2-5-19(7-6-18)10-14(23)24)3-8-20(11-15(25)26)12-16(27)28/h1-2,4-7H,3,8-12H2,(H,21,22)(H,23,24)(H,25,26)(H,27,28)/b4-1-,5-2-,7-6-. The van der Waals surface area contributed by atoms with Gasteiger partial charge >= 0.3 is 23.9 Å². The molecule has 4 N–H and O–H groups in total. The van der Waals surface area contributed by atoms with Crippen LogP contribution in [0.15, 0.2) is 37.2 Å². The van der Waals surface area contributed by atoms with Crippen LogP contribution in [0.5, 0.6) is 0 Å². The van der Waals surface area contributed by atoms with E-state index in [0.717, 1.165) is 0 Å². The van der Waals surface area contributed by atoms with Crippen molar-refractivity contribution in [1.82, 2.24) is 19.6 Å². The van der Waals surface area contributed by atoms with Gasteiger partial charge in [0, 0.05) is 50.3 Å². The third-order valence-corrected chi connectivity index (χ3v) is 3.38. The average Bonchev–Trinajstić information content (AvgIpc) is 2.63. The van der Waals surface area contributed by atoms with Gasteiger partial charge in [0.1, 0.15) is 13.1 Å². The van der Waals surface area contributed by atoms with Gasteiger partial charge in [-0.1, -0.05) is 0 Å². The molecule has 0 atom stereocenters. The molecule has 0 aliphatic carbocycles. The lowest BCUT2D eigenvalue weighted by atomic mass is 10.4. The van der Waals surface area contributed by atoms with E-state index in [0.29, 0.717) is 0 Å². The first-order valence-electron chi connectivity index (χ1n) is 8.07. The number of carboxylic acid groups (broad SMARTS) is 4. The molecule has 0 unspecified atom stereocenters. The van der Waals surface area contributed by atoms with E-state index in [1.165, 1.54) is 51.9 Å². The van der Waals surface area contributed by atoms with Crippen molar-refractivity contribution in [2.45, 2.75) is 0 Å². The van der Waals surface area contributed by atoms with Crippen molar-refractivity contribution in [3.63, 3.8) is 0 Å². The van der Waals surface area contributed by atoms with Crippen molar-refractivity contribution < 1.29 is 39.6 Å². The summed E-state index contributed by atoms with van der Waals surface area (Å²) in [5, 5.41) is 35.7. The van der Waals surface area contributed by atoms with Crippen LogP contribution in [0.25, 0.3) is 0 Å². The highest BCUT2D eigenvalue weighted by Crippen LogP contribution is 2.05. The molecular weight excluding hydrogens is 376 g/mol. The maximum absolute atomic E-state index is 10.9. The Labute approximate surface area is 160 Å². The minimum absolute atomic E-state index is 0.0958. The summed E-state index contributed by atoms with van der Waals surface area (Å²) in [6, 6.07) is 0. The molecule has 0 radical (unpaired) electrons. The van der Waals surface area contributed by atoms with Crippen LogP contribution in [0.2, 0.25) is 0 Å². The molecule has 0 saturated heterocycles. The highest BCUT2D eigenvalue weighted by molar-refractivity contribution is 5.72. The van der Waals surface area contributed by atoms with Gasteiger partial charge in [-0.15, -0.1) is 0 Å². The van der Waals surface area contributed by atoms with E-state index in [1.807, 2.05) is 0 Å². The fraction of sp³-hybridized carbons (Fsp3) is 0.375. The van der Waals surface area contributed by atoms with Crippen molar-refractivity contribution in [1.29, 1.82) is 0 Å². The first kappa shape index (κ1) is 22.5. The van der Waals surface area contributed by atoms with Crippen LogP contribution in [0, 0.1) is 0 Å². The van der Waals surface area contributed by atoms with E-state index in [2.05, 4.69) is 0 Å². The number of aliphatic carboxylic acids is 4. The molecule has 12 nitrogen and oxygen atoms in total. The fourth-order valence-electron chi connectivity index (χ4n) is 2.19. The number of hydrogen-bond acceptors (Lipinski definition) is 8. The van der Waals surface area contributed by atoms with Crippen molar-refractivity contribution in [2.75, 3.05) is 39.3 Å². The van der Waals surface area contributed by atoms with Crippen LogP contribution in [0.3, 0.4) is 0 Å². The summed E-state index contributed by atoms with van der Waals surface area (Å²) in [5.74, 6) is -4.51. The summed E-state index contributed by atoms with van der Waals surface area (Å²) in [7, 11) is 0. The zero-order valence-electron chi connectivity index (χ0n) is 14.9. The van der Waals surface area contributed by atoms with Gasteiger partial charge in [0.15, 0.2) is 0 Å². The molecule has 1 heterocycles. The first-order chi connectivity index (χ1) is 13.2. The van der Waals surface area contributed by atoms with Gasteiger partial charge in [-0.2, -0.15) is 0 Å². The number of nitrogens with zero attached hydrogens (tertiary/aromatic N) is 4. The zero-order chi connectivity index (χ0) is 21.1. The molecule has 154 valence electrons. The Kier molecular flexibility index (Phi) is 9.03. The second-order valence-corrected chi connectivity index (χ2v) is 5.76. The molecule has 1 rings (SSSR count). The molecule has 0 bridgehead atoms. The van der Waals surface area contributed by atoms with Crippen LogP contribution in [0.4, 0.5) is 0 Å². The molecular formula is C16H22N4O8. The number of carbonyl (C=O) groups is 4. The minimum Gasteiger partial charge on any atom is -0.480 e. The van der Waals surface area contributed by atoms with E-state index >= 15 is 0 Å². The quantitative estimate of drug-likeness (QED) is 0.335.